The van der Waals surface area contributed by atoms with E-state index in [9.17, 15) is 9.59 Å². The second-order valence-electron chi connectivity index (χ2n) is 4.25. The molecule has 1 heterocycles. The summed E-state index contributed by atoms with van der Waals surface area (Å²) in [5, 5.41) is 2.97. The maximum Gasteiger partial charge on any atom is 0.237 e. The van der Waals surface area contributed by atoms with E-state index in [1.54, 1.807) is 38.1 Å². The molecule has 3 nitrogen and oxygen atoms in total. The summed E-state index contributed by atoms with van der Waals surface area (Å²) < 4.78 is 0. The largest absolute Gasteiger partial charge is 0.295 e. The Morgan fingerprint density at radius 1 is 1.25 bits per heavy atom. The normalized spacial score (nSPS) is 29.3. The van der Waals surface area contributed by atoms with Crippen LogP contribution in [0.25, 0.3) is 0 Å². The lowest BCUT2D eigenvalue weighted by atomic mass is 9.74. The molecular weight excluding hydrogens is 226 g/mol. The molecule has 1 aliphatic rings. The topological polar surface area (TPSA) is 46.2 Å². The maximum atomic E-state index is 11.8. The van der Waals surface area contributed by atoms with E-state index in [0.29, 0.717) is 5.02 Å². The van der Waals surface area contributed by atoms with Gasteiger partial charge >= 0.3 is 0 Å². The lowest BCUT2D eigenvalue weighted by molar-refractivity contribution is -0.126. The van der Waals surface area contributed by atoms with Crippen LogP contribution < -0.4 is 5.32 Å². The van der Waals surface area contributed by atoms with Crippen LogP contribution in [0.15, 0.2) is 24.3 Å². The van der Waals surface area contributed by atoms with Gasteiger partial charge in [0.1, 0.15) is 0 Å². The smallest absolute Gasteiger partial charge is 0.237 e. The Balaban J connectivity index is 2.49. The summed E-state index contributed by atoms with van der Waals surface area (Å²) in [6, 6.07) is 7.03. The molecule has 84 valence electrons. The predicted octanol–water partition coefficient (Wildman–Crippen LogP) is 1.89. The van der Waals surface area contributed by atoms with E-state index in [2.05, 4.69) is 5.32 Å². The van der Waals surface area contributed by atoms with Gasteiger partial charge in [-0.3, -0.25) is 14.9 Å². The van der Waals surface area contributed by atoms with Crippen LogP contribution in [0.3, 0.4) is 0 Å². The number of carbonyl (C=O) groups excluding carboxylic acids is 2. The summed E-state index contributed by atoms with van der Waals surface area (Å²) in [4.78, 5) is 23.3. The molecule has 2 amide bonds. The number of hydrogen-bond acceptors (Lipinski definition) is 2. The van der Waals surface area contributed by atoms with Gasteiger partial charge < -0.3 is 0 Å². The first kappa shape index (κ1) is 11.1. The third-order valence-electron chi connectivity index (χ3n) is 3.41. The van der Waals surface area contributed by atoms with Crippen molar-refractivity contribution in [3.63, 3.8) is 0 Å². The lowest BCUT2D eigenvalue weighted by Gasteiger charge is -2.24. The van der Waals surface area contributed by atoms with E-state index in [4.69, 9.17) is 11.6 Å². The average Bonchev–Trinajstić information content (AvgIpc) is 2.45. The summed E-state index contributed by atoms with van der Waals surface area (Å²) in [6.07, 6.45) is 0. The zero-order valence-corrected chi connectivity index (χ0v) is 9.84. The van der Waals surface area contributed by atoms with Gasteiger partial charge in [-0.2, -0.15) is 0 Å². The van der Waals surface area contributed by atoms with Crippen molar-refractivity contribution in [3.8, 4) is 0 Å². The number of rotatable bonds is 1. The molecule has 1 aromatic rings. The van der Waals surface area contributed by atoms with Crippen LogP contribution in [-0.4, -0.2) is 11.8 Å². The standard InChI is InChI=1S/C12H12ClNO2/c1-7-10(15)14-11(16)12(7,2)8-3-5-9(13)6-4-8/h3-7H,1-2H3,(H,14,15,16). The lowest BCUT2D eigenvalue weighted by Crippen LogP contribution is -2.35. The Labute approximate surface area is 98.8 Å². The fourth-order valence-corrected chi connectivity index (χ4v) is 2.11. The highest BCUT2D eigenvalue weighted by atomic mass is 35.5. The molecule has 0 aromatic heterocycles. The number of imide groups is 1. The van der Waals surface area contributed by atoms with Gasteiger partial charge in [-0.05, 0) is 24.6 Å². The minimum Gasteiger partial charge on any atom is -0.295 e. The minimum atomic E-state index is -0.790. The molecule has 0 radical (unpaired) electrons. The monoisotopic (exact) mass is 237 g/mol. The van der Waals surface area contributed by atoms with Crippen molar-refractivity contribution in [2.24, 2.45) is 5.92 Å². The third-order valence-corrected chi connectivity index (χ3v) is 3.66. The van der Waals surface area contributed by atoms with Crippen molar-refractivity contribution in [1.29, 1.82) is 0 Å². The number of halogens is 1. The van der Waals surface area contributed by atoms with Crippen molar-refractivity contribution in [2.75, 3.05) is 0 Å². The van der Waals surface area contributed by atoms with E-state index in [1.165, 1.54) is 0 Å². The molecule has 0 bridgehead atoms. The van der Waals surface area contributed by atoms with Crippen LogP contribution in [0.4, 0.5) is 0 Å². The maximum absolute atomic E-state index is 11.8. The SMILES string of the molecule is CC1C(=O)NC(=O)C1(C)c1ccc(Cl)cc1. The number of carbonyl (C=O) groups is 2. The van der Waals surface area contributed by atoms with Crippen LogP contribution in [0, 0.1) is 5.92 Å². The summed E-state index contributed by atoms with van der Waals surface area (Å²) in [5.41, 5.74) is 0.0227. The fourth-order valence-electron chi connectivity index (χ4n) is 1.99. The first-order chi connectivity index (χ1) is 7.46. The molecule has 0 spiro atoms. The molecule has 4 heteroatoms. The summed E-state index contributed by atoms with van der Waals surface area (Å²) in [5.74, 6) is -0.823. The third kappa shape index (κ3) is 1.43. The van der Waals surface area contributed by atoms with Crippen molar-refractivity contribution in [1.82, 2.24) is 5.32 Å². The van der Waals surface area contributed by atoms with Crippen molar-refractivity contribution < 1.29 is 9.59 Å². The molecule has 2 rings (SSSR count). The highest BCUT2D eigenvalue weighted by molar-refractivity contribution is 6.30. The van der Waals surface area contributed by atoms with Crippen LogP contribution in [0.2, 0.25) is 5.02 Å². The van der Waals surface area contributed by atoms with Crippen molar-refractivity contribution in [2.45, 2.75) is 19.3 Å². The van der Waals surface area contributed by atoms with E-state index in [0.717, 1.165) is 5.56 Å². The van der Waals surface area contributed by atoms with E-state index < -0.39 is 5.41 Å². The predicted molar refractivity (Wildman–Crippen MR) is 61.1 cm³/mol. The van der Waals surface area contributed by atoms with Crippen LogP contribution in [0.1, 0.15) is 19.4 Å². The highest BCUT2D eigenvalue weighted by Gasteiger charge is 2.50. The van der Waals surface area contributed by atoms with Gasteiger partial charge in [-0.25, -0.2) is 0 Å². The Morgan fingerprint density at radius 3 is 2.25 bits per heavy atom. The van der Waals surface area contributed by atoms with Gasteiger partial charge in [0.05, 0.1) is 11.3 Å². The Hall–Kier alpha value is -1.35. The van der Waals surface area contributed by atoms with Gasteiger partial charge in [0.15, 0.2) is 0 Å². The molecule has 1 aromatic carbocycles. The summed E-state index contributed by atoms with van der Waals surface area (Å²) in [6.45, 7) is 3.54. The first-order valence-electron chi connectivity index (χ1n) is 5.07. The molecule has 0 saturated carbocycles. The number of amides is 2. The van der Waals surface area contributed by atoms with Gasteiger partial charge in [0, 0.05) is 5.02 Å². The van der Waals surface area contributed by atoms with Gasteiger partial charge in [0.2, 0.25) is 11.8 Å². The number of nitrogens with one attached hydrogen (secondary N) is 1. The number of benzene rings is 1. The van der Waals surface area contributed by atoms with Crippen LogP contribution in [0.5, 0.6) is 0 Å². The Kier molecular flexibility index (Phi) is 2.50. The molecule has 2 unspecified atom stereocenters. The van der Waals surface area contributed by atoms with E-state index >= 15 is 0 Å². The Morgan fingerprint density at radius 2 is 1.81 bits per heavy atom. The summed E-state index contributed by atoms with van der Waals surface area (Å²) in [7, 11) is 0. The Bertz CT molecular complexity index is 455. The molecule has 2 atom stereocenters. The van der Waals surface area contributed by atoms with E-state index in [1.807, 2.05) is 0 Å². The second kappa shape index (κ2) is 3.59. The molecule has 1 saturated heterocycles. The van der Waals surface area contributed by atoms with Crippen LogP contribution in [-0.2, 0) is 15.0 Å². The fraction of sp³-hybridized carbons (Fsp3) is 0.333. The quantitative estimate of drug-likeness (QED) is 0.759. The molecule has 0 aliphatic carbocycles. The number of hydrogen-bond donors (Lipinski definition) is 1. The molecule has 1 fully saturated rings. The highest BCUT2D eigenvalue weighted by Crippen LogP contribution is 2.36. The minimum absolute atomic E-state index is 0.220. The van der Waals surface area contributed by atoms with Crippen molar-refractivity contribution >= 4 is 23.4 Å². The van der Waals surface area contributed by atoms with Crippen molar-refractivity contribution in [3.05, 3.63) is 34.9 Å². The summed E-state index contributed by atoms with van der Waals surface area (Å²) >= 11 is 5.80. The molecule has 1 N–H and O–H groups in total. The molecule has 16 heavy (non-hydrogen) atoms. The molecule has 1 aliphatic heterocycles. The first-order valence-corrected chi connectivity index (χ1v) is 5.45. The van der Waals surface area contributed by atoms with Crippen LogP contribution >= 0.6 is 11.6 Å². The van der Waals surface area contributed by atoms with Gasteiger partial charge in [-0.1, -0.05) is 30.7 Å². The van der Waals surface area contributed by atoms with Gasteiger partial charge in [-0.15, -0.1) is 0 Å². The van der Waals surface area contributed by atoms with E-state index in [-0.39, 0.29) is 17.7 Å². The van der Waals surface area contributed by atoms with Gasteiger partial charge in [0.25, 0.3) is 0 Å². The molecular formula is C12H12ClNO2. The second-order valence-corrected chi connectivity index (χ2v) is 4.69. The average molecular weight is 238 g/mol. The zero-order valence-electron chi connectivity index (χ0n) is 9.08. The zero-order chi connectivity index (χ0) is 11.9.